The Bertz CT molecular complexity index is 324. The summed E-state index contributed by atoms with van der Waals surface area (Å²) in [5.74, 6) is -0.0254. The van der Waals surface area contributed by atoms with E-state index in [1.807, 2.05) is 0 Å². The third-order valence-corrected chi connectivity index (χ3v) is 1.90. The van der Waals surface area contributed by atoms with Crippen LogP contribution in [0.5, 0.6) is 5.75 Å². The van der Waals surface area contributed by atoms with Crippen LogP contribution < -0.4 is 4.74 Å². The van der Waals surface area contributed by atoms with Crippen molar-refractivity contribution in [2.75, 3.05) is 6.61 Å². The van der Waals surface area contributed by atoms with Gasteiger partial charge in [0.1, 0.15) is 18.2 Å². The quantitative estimate of drug-likeness (QED) is 0.801. The second-order valence-electron chi connectivity index (χ2n) is 3.52. The molecule has 0 spiro atoms. The van der Waals surface area contributed by atoms with Gasteiger partial charge in [-0.3, -0.25) is 0 Å². The van der Waals surface area contributed by atoms with Crippen LogP contribution in [0.1, 0.15) is 25.5 Å². The molecule has 3 nitrogen and oxygen atoms in total. The molecule has 15 heavy (non-hydrogen) atoms. The van der Waals surface area contributed by atoms with Gasteiger partial charge < -0.3 is 14.9 Å². The molecule has 1 unspecified atom stereocenters. The van der Waals surface area contributed by atoms with Gasteiger partial charge in [-0.15, -0.1) is 0 Å². The van der Waals surface area contributed by atoms with E-state index < -0.39 is 18.0 Å². The van der Waals surface area contributed by atoms with E-state index in [1.54, 1.807) is 6.92 Å². The Labute approximate surface area is 88.1 Å². The molecule has 0 bridgehead atoms. The van der Waals surface area contributed by atoms with Crippen LogP contribution in [-0.4, -0.2) is 22.9 Å². The van der Waals surface area contributed by atoms with Crippen molar-refractivity contribution in [3.05, 3.63) is 29.6 Å². The van der Waals surface area contributed by atoms with Gasteiger partial charge in [0.05, 0.1) is 12.2 Å². The highest BCUT2D eigenvalue weighted by atomic mass is 19.1. The third-order valence-electron chi connectivity index (χ3n) is 1.90. The van der Waals surface area contributed by atoms with E-state index in [-0.39, 0.29) is 6.61 Å². The van der Waals surface area contributed by atoms with Crippen molar-refractivity contribution in [1.29, 1.82) is 0 Å². The molecule has 0 amide bonds. The van der Waals surface area contributed by atoms with Crippen LogP contribution >= 0.6 is 0 Å². The Morgan fingerprint density at radius 3 is 2.53 bits per heavy atom. The lowest BCUT2D eigenvalue weighted by molar-refractivity contribution is 0.118. The summed E-state index contributed by atoms with van der Waals surface area (Å²) in [6, 6.07) is 3.92. The van der Waals surface area contributed by atoms with Crippen LogP contribution in [0.3, 0.4) is 0 Å². The Morgan fingerprint density at radius 1 is 1.33 bits per heavy atom. The SMILES string of the molecule is CC(O)COc1ccc(F)cc1[C@H](C)O. The Balaban J connectivity index is 2.86. The van der Waals surface area contributed by atoms with Crippen molar-refractivity contribution in [2.45, 2.75) is 26.1 Å². The van der Waals surface area contributed by atoms with Crippen LogP contribution in [0.25, 0.3) is 0 Å². The fourth-order valence-electron chi connectivity index (χ4n) is 1.19. The lowest BCUT2D eigenvalue weighted by Gasteiger charge is -2.14. The average molecular weight is 214 g/mol. The Kier molecular flexibility index (Phi) is 4.05. The third kappa shape index (κ3) is 3.49. The average Bonchev–Trinajstić information content (AvgIpc) is 2.15. The Hall–Kier alpha value is -1.13. The molecule has 0 radical (unpaired) electrons. The molecule has 1 aromatic rings. The number of halogens is 1. The van der Waals surface area contributed by atoms with E-state index in [1.165, 1.54) is 25.1 Å². The van der Waals surface area contributed by atoms with E-state index in [4.69, 9.17) is 9.84 Å². The number of hydrogen-bond donors (Lipinski definition) is 2. The molecule has 0 aliphatic rings. The summed E-state index contributed by atoms with van der Waals surface area (Å²) >= 11 is 0. The molecule has 0 heterocycles. The molecular weight excluding hydrogens is 199 g/mol. The van der Waals surface area contributed by atoms with Crippen molar-refractivity contribution < 1.29 is 19.3 Å². The van der Waals surface area contributed by atoms with Gasteiger partial charge in [-0.1, -0.05) is 0 Å². The monoisotopic (exact) mass is 214 g/mol. The predicted molar refractivity (Wildman–Crippen MR) is 54.2 cm³/mol. The smallest absolute Gasteiger partial charge is 0.125 e. The van der Waals surface area contributed by atoms with Gasteiger partial charge in [0.25, 0.3) is 0 Å². The minimum atomic E-state index is -0.801. The summed E-state index contributed by atoms with van der Waals surface area (Å²) in [5, 5.41) is 18.4. The van der Waals surface area contributed by atoms with Gasteiger partial charge in [0.15, 0.2) is 0 Å². The second kappa shape index (κ2) is 5.09. The first-order valence-corrected chi connectivity index (χ1v) is 4.79. The minimum Gasteiger partial charge on any atom is -0.491 e. The zero-order chi connectivity index (χ0) is 11.4. The van der Waals surface area contributed by atoms with Crippen molar-refractivity contribution in [3.8, 4) is 5.75 Å². The lowest BCUT2D eigenvalue weighted by atomic mass is 10.1. The van der Waals surface area contributed by atoms with Crippen molar-refractivity contribution in [2.24, 2.45) is 0 Å². The second-order valence-corrected chi connectivity index (χ2v) is 3.52. The first kappa shape index (κ1) is 11.9. The highest BCUT2D eigenvalue weighted by Crippen LogP contribution is 2.25. The van der Waals surface area contributed by atoms with Crippen LogP contribution in [0.4, 0.5) is 4.39 Å². The number of rotatable bonds is 4. The van der Waals surface area contributed by atoms with E-state index in [2.05, 4.69) is 0 Å². The maximum atomic E-state index is 12.9. The van der Waals surface area contributed by atoms with E-state index in [0.29, 0.717) is 11.3 Å². The predicted octanol–water partition coefficient (Wildman–Crippen LogP) is 1.64. The summed E-state index contributed by atoms with van der Waals surface area (Å²) in [4.78, 5) is 0. The standard InChI is InChI=1S/C11H15FO3/c1-7(13)6-15-11-4-3-9(12)5-10(11)8(2)14/h3-5,7-8,13-14H,6H2,1-2H3/t7?,8-/m0/s1. The maximum Gasteiger partial charge on any atom is 0.125 e. The van der Waals surface area contributed by atoms with Gasteiger partial charge in [-0.25, -0.2) is 4.39 Å². The molecule has 0 saturated carbocycles. The van der Waals surface area contributed by atoms with E-state index >= 15 is 0 Å². The summed E-state index contributed by atoms with van der Waals surface area (Å²) in [5.41, 5.74) is 0.385. The zero-order valence-electron chi connectivity index (χ0n) is 8.77. The summed E-state index contributed by atoms with van der Waals surface area (Å²) < 4.78 is 18.1. The van der Waals surface area contributed by atoms with Crippen LogP contribution in [0, 0.1) is 5.82 Å². The zero-order valence-corrected chi connectivity index (χ0v) is 8.77. The molecule has 0 aliphatic carbocycles. The summed E-state index contributed by atoms with van der Waals surface area (Å²) in [6.07, 6.45) is -1.40. The van der Waals surface area contributed by atoms with Gasteiger partial charge in [-0.2, -0.15) is 0 Å². The molecule has 1 rings (SSSR count). The molecule has 0 aromatic heterocycles. The maximum absolute atomic E-state index is 12.9. The minimum absolute atomic E-state index is 0.116. The topological polar surface area (TPSA) is 49.7 Å². The molecule has 2 atom stereocenters. The lowest BCUT2D eigenvalue weighted by Crippen LogP contribution is -2.14. The molecule has 0 fully saturated rings. The van der Waals surface area contributed by atoms with Crippen molar-refractivity contribution >= 4 is 0 Å². The van der Waals surface area contributed by atoms with Gasteiger partial charge in [0, 0.05) is 5.56 Å². The first-order chi connectivity index (χ1) is 7.00. The number of benzene rings is 1. The molecule has 0 aliphatic heterocycles. The molecule has 84 valence electrons. The molecule has 2 N–H and O–H groups in total. The normalized spacial score (nSPS) is 14.7. The van der Waals surface area contributed by atoms with Gasteiger partial charge in [0.2, 0.25) is 0 Å². The van der Waals surface area contributed by atoms with Crippen LogP contribution in [0.2, 0.25) is 0 Å². The fraction of sp³-hybridized carbons (Fsp3) is 0.455. The van der Waals surface area contributed by atoms with Gasteiger partial charge in [-0.05, 0) is 32.0 Å². The first-order valence-electron chi connectivity index (χ1n) is 4.79. The largest absolute Gasteiger partial charge is 0.491 e. The van der Waals surface area contributed by atoms with E-state index in [9.17, 15) is 9.50 Å². The number of ether oxygens (including phenoxy) is 1. The number of aliphatic hydroxyl groups is 2. The van der Waals surface area contributed by atoms with Crippen LogP contribution in [-0.2, 0) is 0 Å². The fourth-order valence-corrected chi connectivity index (χ4v) is 1.19. The summed E-state index contributed by atoms with van der Waals surface area (Å²) in [6.45, 7) is 3.24. The molecule has 4 heteroatoms. The Morgan fingerprint density at radius 2 is 2.00 bits per heavy atom. The number of aliphatic hydroxyl groups excluding tert-OH is 2. The van der Waals surface area contributed by atoms with Crippen molar-refractivity contribution in [1.82, 2.24) is 0 Å². The highest BCUT2D eigenvalue weighted by Gasteiger charge is 2.11. The molecular formula is C11H15FO3. The van der Waals surface area contributed by atoms with E-state index in [0.717, 1.165) is 0 Å². The van der Waals surface area contributed by atoms with Gasteiger partial charge >= 0.3 is 0 Å². The number of hydrogen-bond acceptors (Lipinski definition) is 3. The molecule has 1 aromatic carbocycles. The highest BCUT2D eigenvalue weighted by molar-refractivity contribution is 5.35. The summed E-state index contributed by atoms with van der Waals surface area (Å²) in [7, 11) is 0. The molecule has 0 saturated heterocycles. The van der Waals surface area contributed by atoms with Crippen LogP contribution in [0.15, 0.2) is 18.2 Å². The van der Waals surface area contributed by atoms with Crippen molar-refractivity contribution in [3.63, 3.8) is 0 Å².